The molecule has 3 heteroatoms. The maximum Gasteiger partial charge on any atom is 0.0468 e. The van der Waals surface area contributed by atoms with Gasteiger partial charge in [-0.3, -0.25) is 4.78 Å². The van der Waals surface area contributed by atoms with Crippen LogP contribution in [0.5, 0.6) is 0 Å². The fourth-order valence-corrected chi connectivity index (χ4v) is 4.17. The van der Waals surface area contributed by atoms with E-state index >= 15 is 0 Å². The predicted molar refractivity (Wildman–Crippen MR) is 57.4 cm³/mol. The van der Waals surface area contributed by atoms with Crippen LogP contribution in [-0.4, -0.2) is 15.2 Å². The van der Waals surface area contributed by atoms with Crippen molar-refractivity contribution in [2.45, 2.75) is 45.3 Å². The lowest BCUT2D eigenvalue weighted by Gasteiger charge is -2.32. The molecule has 0 aromatic rings. The third-order valence-corrected chi connectivity index (χ3v) is 5.42. The van der Waals surface area contributed by atoms with Crippen molar-refractivity contribution < 1.29 is 4.21 Å². The van der Waals surface area contributed by atoms with Gasteiger partial charge in [0.05, 0.1) is 0 Å². The van der Waals surface area contributed by atoms with Crippen LogP contribution in [0.1, 0.15) is 40.0 Å². The van der Waals surface area contributed by atoms with Crippen LogP contribution in [-0.2, 0) is 9.73 Å². The normalized spacial score (nSPS) is 39.8. The summed E-state index contributed by atoms with van der Waals surface area (Å²) in [6.45, 7) is 6.31. The van der Waals surface area contributed by atoms with Crippen molar-refractivity contribution in [2.75, 3.05) is 5.75 Å². The molecule has 1 aliphatic carbocycles. The van der Waals surface area contributed by atoms with Gasteiger partial charge in [-0.25, -0.2) is 4.21 Å². The van der Waals surface area contributed by atoms with Crippen LogP contribution in [0.4, 0.5) is 0 Å². The van der Waals surface area contributed by atoms with Gasteiger partial charge in [-0.2, -0.15) is 0 Å². The highest BCUT2D eigenvalue weighted by Crippen LogP contribution is 2.32. The minimum atomic E-state index is -2.29. The Morgan fingerprint density at radius 3 is 2.08 bits per heavy atom. The summed E-state index contributed by atoms with van der Waals surface area (Å²) in [4.78, 5) is 0. The zero-order chi connectivity index (χ0) is 10.1. The second-order valence-corrected chi connectivity index (χ2v) is 7.25. The fourth-order valence-electron chi connectivity index (χ4n) is 2.42. The highest BCUT2D eigenvalue weighted by Gasteiger charge is 2.29. The largest absolute Gasteiger partial charge is 0.253 e. The molecule has 3 atom stereocenters. The monoisotopic (exact) mass is 203 g/mol. The quantitative estimate of drug-likeness (QED) is 0.736. The van der Waals surface area contributed by atoms with E-state index in [2.05, 4.69) is 13.8 Å². The van der Waals surface area contributed by atoms with Crippen molar-refractivity contribution in [3.8, 4) is 0 Å². The molecule has 0 radical (unpaired) electrons. The van der Waals surface area contributed by atoms with Crippen LogP contribution in [0, 0.1) is 16.6 Å². The molecule has 78 valence electrons. The lowest BCUT2D eigenvalue weighted by Crippen LogP contribution is -2.31. The first-order valence-electron chi connectivity index (χ1n) is 5.21. The summed E-state index contributed by atoms with van der Waals surface area (Å²) in [7, 11) is -2.29. The Hall–Kier alpha value is -0.0500. The predicted octanol–water partition coefficient (Wildman–Crippen LogP) is 2.88. The summed E-state index contributed by atoms with van der Waals surface area (Å²) in [5, 5.41) is 0.163. The Bertz CT molecular complexity index is 248. The third kappa shape index (κ3) is 2.70. The van der Waals surface area contributed by atoms with Crippen LogP contribution in [0.25, 0.3) is 0 Å². The summed E-state index contributed by atoms with van der Waals surface area (Å²) in [5.74, 6) is 1.84. The van der Waals surface area contributed by atoms with Gasteiger partial charge in [0.15, 0.2) is 0 Å². The van der Waals surface area contributed by atoms with Crippen LogP contribution in [0.2, 0.25) is 0 Å². The Morgan fingerprint density at radius 1 is 1.23 bits per heavy atom. The first-order valence-corrected chi connectivity index (χ1v) is 7.00. The van der Waals surface area contributed by atoms with E-state index in [1.54, 1.807) is 0 Å². The number of nitrogens with one attached hydrogen (secondary N) is 1. The summed E-state index contributed by atoms with van der Waals surface area (Å²) in [5.41, 5.74) is 0. The van der Waals surface area contributed by atoms with Gasteiger partial charge in [-0.1, -0.05) is 20.8 Å². The van der Waals surface area contributed by atoms with Crippen molar-refractivity contribution >= 4 is 9.73 Å². The molecule has 0 aliphatic heterocycles. The highest BCUT2D eigenvalue weighted by molar-refractivity contribution is 7.93. The molecule has 0 heterocycles. The molecule has 1 N–H and O–H groups in total. The second kappa shape index (κ2) is 3.99. The first-order chi connectivity index (χ1) is 5.95. The Kier molecular flexibility index (Phi) is 3.38. The Morgan fingerprint density at radius 2 is 1.69 bits per heavy atom. The third-order valence-electron chi connectivity index (χ3n) is 3.10. The van der Waals surface area contributed by atoms with Gasteiger partial charge in [-0.05, 0) is 31.1 Å². The average molecular weight is 203 g/mol. The highest BCUT2D eigenvalue weighted by atomic mass is 32.2. The minimum Gasteiger partial charge on any atom is -0.253 e. The molecule has 1 aliphatic rings. The van der Waals surface area contributed by atoms with Crippen molar-refractivity contribution in [2.24, 2.45) is 11.8 Å². The van der Waals surface area contributed by atoms with Gasteiger partial charge in [0, 0.05) is 20.7 Å². The zero-order valence-electron chi connectivity index (χ0n) is 8.88. The van der Waals surface area contributed by atoms with E-state index in [9.17, 15) is 4.21 Å². The Balaban J connectivity index is 2.71. The van der Waals surface area contributed by atoms with Gasteiger partial charge in [0.1, 0.15) is 0 Å². The molecule has 0 aromatic heterocycles. The lowest BCUT2D eigenvalue weighted by atomic mass is 9.83. The molecule has 2 nitrogen and oxygen atoms in total. The molecule has 0 amide bonds. The lowest BCUT2D eigenvalue weighted by molar-refractivity contribution is 0.304. The van der Waals surface area contributed by atoms with E-state index in [4.69, 9.17) is 4.78 Å². The van der Waals surface area contributed by atoms with Gasteiger partial charge in [-0.15, -0.1) is 0 Å². The van der Waals surface area contributed by atoms with Gasteiger partial charge in [0.25, 0.3) is 0 Å². The Labute approximate surface area is 82.1 Å². The molecule has 0 aromatic carbocycles. The summed E-state index contributed by atoms with van der Waals surface area (Å²) < 4.78 is 19.6. The minimum absolute atomic E-state index is 0.163. The molecule has 0 bridgehead atoms. The standard InChI is InChI=1S/C10H21NOS/c1-4-13(11,12)10-6-8(2)5-9(3)7-10/h8-11H,4-7H2,1-3H3. The van der Waals surface area contributed by atoms with E-state index in [0.29, 0.717) is 17.6 Å². The van der Waals surface area contributed by atoms with E-state index < -0.39 is 9.73 Å². The topological polar surface area (TPSA) is 40.9 Å². The zero-order valence-corrected chi connectivity index (χ0v) is 9.69. The van der Waals surface area contributed by atoms with Crippen molar-refractivity contribution in [3.63, 3.8) is 0 Å². The first kappa shape index (κ1) is 11.0. The second-order valence-electron chi connectivity index (χ2n) is 4.55. The van der Waals surface area contributed by atoms with Gasteiger partial charge in [0.2, 0.25) is 0 Å². The van der Waals surface area contributed by atoms with Gasteiger partial charge >= 0.3 is 0 Å². The molecule has 1 saturated carbocycles. The summed E-state index contributed by atoms with van der Waals surface area (Å²) in [6, 6.07) is 0. The maximum absolute atomic E-state index is 11.9. The molecule has 1 fully saturated rings. The molecule has 1 rings (SSSR count). The van der Waals surface area contributed by atoms with Crippen LogP contribution >= 0.6 is 0 Å². The molecule has 3 unspecified atom stereocenters. The van der Waals surface area contributed by atoms with Crippen molar-refractivity contribution in [1.29, 1.82) is 4.78 Å². The number of hydrogen-bond donors (Lipinski definition) is 1. The van der Waals surface area contributed by atoms with Crippen molar-refractivity contribution in [3.05, 3.63) is 0 Å². The van der Waals surface area contributed by atoms with Crippen LogP contribution in [0.15, 0.2) is 0 Å². The molecule has 13 heavy (non-hydrogen) atoms. The molecular weight excluding hydrogens is 182 g/mol. The van der Waals surface area contributed by atoms with Gasteiger partial charge < -0.3 is 0 Å². The van der Waals surface area contributed by atoms with E-state index in [1.807, 2.05) is 6.92 Å². The van der Waals surface area contributed by atoms with Crippen LogP contribution in [0.3, 0.4) is 0 Å². The molecule has 0 spiro atoms. The maximum atomic E-state index is 11.9. The average Bonchev–Trinajstić information content (AvgIpc) is 2.02. The smallest absolute Gasteiger partial charge is 0.0468 e. The van der Waals surface area contributed by atoms with E-state index in [1.165, 1.54) is 6.42 Å². The van der Waals surface area contributed by atoms with E-state index in [0.717, 1.165) is 12.8 Å². The number of rotatable bonds is 2. The van der Waals surface area contributed by atoms with Crippen LogP contribution < -0.4 is 0 Å². The summed E-state index contributed by atoms with van der Waals surface area (Å²) in [6.07, 6.45) is 3.25. The fraction of sp³-hybridized carbons (Fsp3) is 1.00. The van der Waals surface area contributed by atoms with Crippen molar-refractivity contribution in [1.82, 2.24) is 0 Å². The molecular formula is C10H21NOS. The number of hydrogen-bond acceptors (Lipinski definition) is 2. The van der Waals surface area contributed by atoms with E-state index in [-0.39, 0.29) is 5.25 Å². The molecule has 0 saturated heterocycles. The SMILES string of the molecule is CCS(=N)(=O)C1CC(C)CC(C)C1. The summed E-state index contributed by atoms with van der Waals surface area (Å²) >= 11 is 0.